The van der Waals surface area contributed by atoms with Crippen LogP contribution in [-0.4, -0.2) is 48.0 Å². The maximum absolute atomic E-state index is 11.9. The second-order valence-corrected chi connectivity index (χ2v) is 6.77. The fraction of sp³-hybridized carbons (Fsp3) is 0.929. The van der Waals surface area contributed by atoms with E-state index in [1.165, 1.54) is 32.1 Å². The maximum atomic E-state index is 11.9. The van der Waals surface area contributed by atoms with E-state index < -0.39 is 0 Å². The van der Waals surface area contributed by atoms with E-state index in [9.17, 15) is 4.79 Å². The number of hydrogen-bond donors (Lipinski definition) is 1. The van der Waals surface area contributed by atoms with Gasteiger partial charge in [-0.25, -0.2) is 0 Å². The number of nitrogens with one attached hydrogen (secondary N) is 1. The highest BCUT2D eigenvalue weighted by molar-refractivity contribution is 7.99. The van der Waals surface area contributed by atoms with E-state index in [2.05, 4.69) is 12.2 Å². The molecule has 3 nitrogen and oxygen atoms in total. The Balaban J connectivity index is 1.51. The van der Waals surface area contributed by atoms with E-state index in [-0.39, 0.29) is 0 Å². The summed E-state index contributed by atoms with van der Waals surface area (Å²) in [6.45, 7) is 5.35. The number of thioether (sulfide) groups is 1. The third-order valence-corrected chi connectivity index (χ3v) is 4.92. The quantitative estimate of drug-likeness (QED) is 0.769. The molecule has 104 valence electrons. The van der Waals surface area contributed by atoms with Crippen LogP contribution in [0, 0.1) is 5.92 Å². The summed E-state index contributed by atoms with van der Waals surface area (Å²) in [5.41, 5.74) is 0. The molecular formula is C14H26N2OS. The minimum absolute atomic E-state index is 0.349. The van der Waals surface area contributed by atoms with Crippen LogP contribution in [0.4, 0.5) is 0 Å². The van der Waals surface area contributed by atoms with Crippen LogP contribution in [0.2, 0.25) is 0 Å². The average Bonchev–Trinajstić information content (AvgIpc) is 3.21. The predicted octanol–water partition coefficient (Wildman–Crippen LogP) is 2.12. The SMILES string of the molecule is CC(CNC1CC1)CSCC(=O)N1CCCCC1. The molecule has 0 aromatic heterocycles. The summed E-state index contributed by atoms with van der Waals surface area (Å²) in [4.78, 5) is 14.0. The summed E-state index contributed by atoms with van der Waals surface area (Å²) < 4.78 is 0. The number of carbonyl (C=O) groups excluding carboxylic acids is 1. The van der Waals surface area contributed by atoms with E-state index in [4.69, 9.17) is 0 Å². The zero-order valence-electron chi connectivity index (χ0n) is 11.5. The monoisotopic (exact) mass is 270 g/mol. The van der Waals surface area contributed by atoms with E-state index in [0.29, 0.717) is 17.6 Å². The van der Waals surface area contributed by atoms with Crippen LogP contribution in [-0.2, 0) is 4.79 Å². The first kappa shape index (κ1) is 14.2. The van der Waals surface area contributed by atoms with Gasteiger partial charge in [-0.2, -0.15) is 11.8 Å². The molecule has 0 aromatic carbocycles. The molecule has 1 unspecified atom stereocenters. The zero-order chi connectivity index (χ0) is 12.8. The minimum Gasteiger partial charge on any atom is -0.342 e. The second kappa shape index (κ2) is 7.39. The molecule has 0 aromatic rings. The molecule has 0 spiro atoms. The van der Waals surface area contributed by atoms with Gasteiger partial charge in [-0.05, 0) is 50.3 Å². The first-order valence-electron chi connectivity index (χ1n) is 7.34. The van der Waals surface area contributed by atoms with E-state index in [1.54, 1.807) is 11.8 Å². The summed E-state index contributed by atoms with van der Waals surface area (Å²) in [6.07, 6.45) is 6.39. The molecule has 1 aliphatic heterocycles. The number of piperidine rings is 1. The van der Waals surface area contributed by atoms with Crippen molar-refractivity contribution in [2.24, 2.45) is 5.92 Å². The van der Waals surface area contributed by atoms with Crippen molar-refractivity contribution in [3.8, 4) is 0 Å². The molecule has 18 heavy (non-hydrogen) atoms. The van der Waals surface area contributed by atoms with Crippen LogP contribution in [0.5, 0.6) is 0 Å². The van der Waals surface area contributed by atoms with Crippen molar-refractivity contribution in [3.63, 3.8) is 0 Å². The van der Waals surface area contributed by atoms with Gasteiger partial charge >= 0.3 is 0 Å². The van der Waals surface area contributed by atoms with E-state index in [1.807, 2.05) is 4.90 Å². The van der Waals surface area contributed by atoms with Crippen LogP contribution >= 0.6 is 11.8 Å². The second-order valence-electron chi connectivity index (χ2n) is 5.74. The molecule has 1 atom stereocenters. The fourth-order valence-corrected chi connectivity index (χ4v) is 3.29. The molecule has 1 N–H and O–H groups in total. The van der Waals surface area contributed by atoms with Gasteiger partial charge in [0.2, 0.25) is 5.91 Å². The molecule has 2 rings (SSSR count). The van der Waals surface area contributed by atoms with Crippen molar-refractivity contribution >= 4 is 17.7 Å². The molecule has 2 fully saturated rings. The summed E-state index contributed by atoms with van der Waals surface area (Å²) in [6, 6.07) is 0.799. The molecule has 1 aliphatic carbocycles. The van der Waals surface area contributed by atoms with Crippen LogP contribution in [0.3, 0.4) is 0 Å². The highest BCUT2D eigenvalue weighted by Crippen LogP contribution is 2.19. The Labute approximate surface area is 115 Å². The largest absolute Gasteiger partial charge is 0.342 e. The van der Waals surface area contributed by atoms with Crippen molar-refractivity contribution in [3.05, 3.63) is 0 Å². The zero-order valence-corrected chi connectivity index (χ0v) is 12.3. The summed E-state index contributed by atoms with van der Waals surface area (Å²) in [5.74, 6) is 2.79. The lowest BCUT2D eigenvalue weighted by molar-refractivity contribution is -0.129. The Morgan fingerprint density at radius 3 is 2.72 bits per heavy atom. The van der Waals surface area contributed by atoms with Crippen molar-refractivity contribution < 1.29 is 4.79 Å². The number of rotatable bonds is 7. The first-order valence-corrected chi connectivity index (χ1v) is 8.50. The van der Waals surface area contributed by atoms with Gasteiger partial charge in [-0.15, -0.1) is 0 Å². The molecule has 0 bridgehead atoms. The Kier molecular flexibility index (Phi) is 5.83. The molecule has 2 aliphatic rings. The van der Waals surface area contributed by atoms with Gasteiger partial charge in [-0.3, -0.25) is 4.79 Å². The molecule has 0 radical (unpaired) electrons. The van der Waals surface area contributed by atoms with E-state index >= 15 is 0 Å². The van der Waals surface area contributed by atoms with Gasteiger partial charge in [0.25, 0.3) is 0 Å². The Bertz CT molecular complexity index is 263. The standard InChI is InChI=1S/C14H26N2OS/c1-12(9-15-13-5-6-13)10-18-11-14(17)16-7-3-2-4-8-16/h12-13,15H,2-11H2,1H3. The van der Waals surface area contributed by atoms with E-state index in [0.717, 1.165) is 31.4 Å². The van der Waals surface area contributed by atoms with Crippen molar-refractivity contribution in [2.75, 3.05) is 31.1 Å². The molecule has 1 heterocycles. The van der Waals surface area contributed by atoms with Crippen LogP contribution in [0.15, 0.2) is 0 Å². The van der Waals surface area contributed by atoms with Crippen molar-refractivity contribution in [2.45, 2.75) is 45.1 Å². The van der Waals surface area contributed by atoms with Crippen molar-refractivity contribution in [1.82, 2.24) is 10.2 Å². The van der Waals surface area contributed by atoms with Crippen LogP contribution in [0.1, 0.15) is 39.0 Å². The maximum Gasteiger partial charge on any atom is 0.232 e. The van der Waals surface area contributed by atoms with Gasteiger partial charge in [0.1, 0.15) is 0 Å². The lowest BCUT2D eigenvalue weighted by Gasteiger charge is -2.26. The third kappa shape index (κ3) is 5.19. The number of likely N-dealkylation sites (tertiary alicyclic amines) is 1. The molecule has 1 amide bonds. The highest BCUT2D eigenvalue weighted by atomic mass is 32.2. The topological polar surface area (TPSA) is 32.3 Å². The number of amides is 1. The molecule has 4 heteroatoms. The fourth-order valence-electron chi connectivity index (χ4n) is 2.30. The summed E-state index contributed by atoms with van der Waals surface area (Å²) in [7, 11) is 0. The predicted molar refractivity (Wildman–Crippen MR) is 77.9 cm³/mol. The number of hydrogen-bond acceptors (Lipinski definition) is 3. The van der Waals surface area contributed by atoms with Gasteiger partial charge in [0.15, 0.2) is 0 Å². The Morgan fingerprint density at radius 2 is 2.06 bits per heavy atom. The molecule has 1 saturated carbocycles. The lowest BCUT2D eigenvalue weighted by atomic mass is 10.1. The van der Waals surface area contributed by atoms with Crippen molar-refractivity contribution in [1.29, 1.82) is 0 Å². The summed E-state index contributed by atoms with van der Waals surface area (Å²) in [5, 5.41) is 3.55. The van der Waals surface area contributed by atoms with Gasteiger partial charge < -0.3 is 10.2 Å². The van der Waals surface area contributed by atoms with Gasteiger partial charge in [0.05, 0.1) is 5.75 Å². The van der Waals surface area contributed by atoms with Gasteiger partial charge in [0, 0.05) is 19.1 Å². The minimum atomic E-state index is 0.349. The van der Waals surface area contributed by atoms with Crippen LogP contribution < -0.4 is 5.32 Å². The molecular weight excluding hydrogens is 244 g/mol. The third-order valence-electron chi connectivity index (χ3n) is 3.67. The first-order chi connectivity index (χ1) is 8.75. The lowest BCUT2D eigenvalue weighted by Crippen LogP contribution is -2.37. The highest BCUT2D eigenvalue weighted by Gasteiger charge is 2.21. The Morgan fingerprint density at radius 1 is 1.33 bits per heavy atom. The summed E-state index contributed by atoms with van der Waals surface area (Å²) >= 11 is 1.80. The van der Waals surface area contributed by atoms with Gasteiger partial charge in [-0.1, -0.05) is 6.92 Å². The average molecular weight is 270 g/mol. The smallest absolute Gasteiger partial charge is 0.232 e. The number of carbonyl (C=O) groups is 1. The number of nitrogens with zero attached hydrogens (tertiary/aromatic N) is 1. The molecule has 1 saturated heterocycles. The normalized spacial score (nSPS) is 21.9. The van der Waals surface area contributed by atoms with Crippen LogP contribution in [0.25, 0.3) is 0 Å². The Hall–Kier alpha value is -0.220.